The third-order valence-corrected chi connectivity index (χ3v) is 4.25. The lowest BCUT2D eigenvalue weighted by Crippen LogP contribution is -2.25. The fourth-order valence-electron chi connectivity index (χ4n) is 2.20. The number of aromatic nitrogens is 3. The normalized spacial score (nSPS) is 13.2. The molecule has 0 aliphatic rings. The van der Waals surface area contributed by atoms with Gasteiger partial charge < -0.3 is 5.32 Å². The van der Waals surface area contributed by atoms with Gasteiger partial charge in [0.15, 0.2) is 5.82 Å². The first-order valence-corrected chi connectivity index (χ1v) is 7.97. The second-order valence-corrected chi connectivity index (χ2v) is 6.16. The van der Waals surface area contributed by atoms with Crippen LogP contribution in [0.15, 0.2) is 36.0 Å². The Kier molecular flexibility index (Phi) is 4.27. The number of hydrogen-bond acceptors (Lipinski definition) is 4. The molecule has 5 nitrogen and oxygen atoms in total. The summed E-state index contributed by atoms with van der Waals surface area (Å²) in [7, 11) is 0. The molecule has 0 bridgehead atoms. The summed E-state index contributed by atoms with van der Waals surface area (Å²) in [5.74, 6) is -2.26. The van der Waals surface area contributed by atoms with Gasteiger partial charge in [0, 0.05) is 24.2 Å². The molecule has 3 rings (SSSR count). The van der Waals surface area contributed by atoms with Crippen molar-refractivity contribution in [2.75, 3.05) is 5.32 Å². The molecule has 0 aliphatic carbocycles. The number of carbonyl (C=O) groups is 1. The van der Waals surface area contributed by atoms with Crippen LogP contribution in [0.3, 0.4) is 0 Å². The Bertz CT molecular complexity index is 857. The standard InChI is InChI=1S/C15H13F3N4OS/c1-9(15(16,17)18)8-11(23)21-13-12(14-19-5-7-24-14)22-6-3-2-4-10(22)20-13/h2-7,9H,8H2,1H3,(H,21,23). The zero-order chi connectivity index (χ0) is 17.3. The number of halogens is 3. The van der Waals surface area contributed by atoms with E-state index in [1.54, 1.807) is 40.4 Å². The highest BCUT2D eigenvalue weighted by molar-refractivity contribution is 7.13. The Morgan fingerprint density at radius 2 is 2.21 bits per heavy atom. The summed E-state index contributed by atoms with van der Waals surface area (Å²) in [4.78, 5) is 20.5. The van der Waals surface area contributed by atoms with Gasteiger partial charge in [-0.25, -0.2) is 9.97 Å². The Morgan fingerprint density at radius 3 is 2.88 bits per heavy atom. The van der Waals surface area contributed by atoms with Crippen LogP contribution in [-0.2, 0) is 4.79 Å². The summed E-state index contributed by atoms with van der Waals surface area (Å²) in [6, 6.07) is 5.32. The lowest BCUT2D eigenvalue weighted by molar-refractivity contribution is -0.173. The molecule has 1 N–H and O–H groups in total. The summed E-state index contributed by atoms with van der Waals surface area (Å²) in [5.41, 5.74) is 1.12. The Balaban J connectivity index is 1.92. The van der Waals surface area contributed by atoms with Crippen molar-refractivity contribution >= 4 is 28.7 Å². The van der Waals surface area contributed by atoms with E-state index in [9.17, 15) is 18.0 Å². The summed E-state index contributed by atoms with van der Waals surface area (Å²) < 4.78 is 39.6. The zero-order valence-electron chi connectivity index (χ0n) is 12.5. The zero-order valence-corrected chi connectivity index (χ0v) is 13.4. The van der Waals surface area contributed by atoms with Crippen LogP contribution in [0.25, 0.3) is 16.3 Å². The smallest absolute Gasteiger partial charge is 0.309 e. The van der Waals surface area contributed by atoms with Crippen LogP contribution in [0.4, 0.5) is 19.0 Å². The number of amides is 1. The van der Waals surface area contributed by atoms with Crippen molar-refractivity contribution in [3.63, 3.8) is 0 Å². The third-order valence-electron chi connectivity index (χ3n) is 3.47. The van der Waals surface area contributed by atoms with Crippen molar-refractivity contribution in [2.45, 2.75) is 19.5 Å². The van der Waals surface area contributed by atoms with Crippen LogP contribution < -0.4 is 5.32 Å². The van der Waals surface area contributed by atoms with E-state index in [-0.39, 0.29) is 5.82 Å². The van der Waals surface area contributed by atoms with Crippen LogP contribution >= 0.6 is 11.3 Å². The Morgan fingerprint density at radius 1 is 1.42 bits per heavy atom. The van der Waals surface area contributed by atoms with Crippen molar-refractivity contribution in [1.82, 2.24) is 14.4 Å². The summed E-state index contributed by atoms with van der Waals surface area (Å²) in [6.07, 6.45) is -1.70. The third kappa shape index (κ3) is 3.25. The van der Waals surface area contributed by atoms with Crippen LogP contribution in [-0.4, -0.2) is 26.5 Å². The Hall–Kier alpha value is -2.42. The number of alkyl halides is 3. The first-order valence-electron chi connectivity index (χ1n) is 7.10. The van der Waals surface area contributed by atoms with Crippen molar-refractivity contribution in [1.29, 1.82) is 0 Å². The van der Waals surface area contributed by atoms with Gasteiger partial charge in [-0.15, -0.1) is 11.3 Å². The molecule has 0 saturated heterocycles. The van der Waals surface area contributed by atoms with Crippen molar-refractivity contribution in [2.24, 2.45) is 5.92 Å². The van der Waals surface area contributed by atoms with E-state index in [4.69, 9.17) is 0 Å². The van der Waals surface area contributed by atoms with Crippen LogP contribution in [0, 0.1) is 5.92 Å². The molecule has 9 heteroatoms. The molecule has 24 heavy (non-hydrogen) atoms. The van der Waals surface area contributed by atoms with Crippen LogP contribution in [0.2, 0.25) is 0 Å². The number of pyridine rings is 1. The minimum Gasteiger partial charge on any atom is -0.309 e. The maximum absolute atomic E-state index is 12.6. The summed E-state index contributed by atoms with van der Waals surface area (Å²) in [5, 5.41) is 4.88. The number of imidazole rings is 1. The Labute approximate surface area is 139 Å². The van der Waals surface area contributed by atoms with Crippen LogP contribution in [0.5, 0.6) is 0 Å². The molecule has 0 fully saturated rings. The van der Waals surface area contributed by atoms with Gasteiger partial charge in [0.25, 0.3) is 0 Å². The SMILES string of the molecule is CC(CC(=O)Nc1nc2ccccn2c1-c1nccs1)C(F)(F)F. The highest BCUT2D eigenvalue weighted by Crippen LogP contribution is 2.32. The monoisotopic (exact) mass is 354 g/mol. The number of carbonyl (C=O) groups excluding carboxylic acids is 1. The van der Waals surface area contributed by atoms with Gasteiger partial charge in [-0.2, -0.15) is 13.2 Å². The number of anilines is 1. The number of thiazole rings is 1. The second-order valence-electron chi connectivity index (χ2n) is 5.27. The molecule has 0 saturated carbocycles. The van der Waals surface area contributed by atoms with Gasteiger partial charge in [0.05, 0.1) is 5.92 Å². The molecule has 1 unspecified atom stereocenters. The van der Waals surface area contributed by atoms with Crippen molar-refractivity contribution in [3.05, 3.63) is 36.0 Å². The van der Waals surface area contributed by atoms with Gasteiger partial charge in [-0.05, 0) is 12.1 Å². The van der Waals surface area contributed by atoms with E-state index < -0.39 is 24.4 Å². The molecule has 0 aliphatic heterocycles. The van der Waals surface area contributed by atoms with Gasteiger partial charge >= 0.3 is 6.18 Å². The van der Waals surface area contributed by atoms with E-state index in [0.717, 1.165) is 6.92 Å². The molecule has 3 aromatic heterocycles. The minimum atomic E-state index is -4.41. The van der Waals surface area contributed by atoms with Gasteiger partial charge in [0.2, 0.25) is 5.91 Å². The first kappa shape index (κ1) is 16.4. The predicted octanol–water partition coefficient (Wildman–Crippen LogP) is 3.98. The minimum absolute atomic E-state index is 0.204. The van der Waals surface area contributed by atoms with Crippen molar-refractivity contribution in [3.8, 4) is 10.7 Å². The summed E-state index contributed by atoms with van der Waals surface area (Å²) >= 11 is 1.35. The summed E-state index contributed by atoms with van der Waals surface area (Å²) in [6.45, 7) is 0.977. The molecule has 0 radical (unpaired) electrons. The van der Waals surface area contributed by atoms with E-state index >= 15 is 0 Å². The van der Waals surface area contributed by atoms with Gasteiger partial charge in [-0.1, -0.05) is 13.0 Å². The molecule has 1 amide bonds. The fourth-order valence-corrected chi connectivity index (χ4v) is 2.88. The van der Waals surface area contributed by atoms with E-state index in [1.807, 2.05) is 0 Å². The van der Waals surface area contributed by atoms with E-state index in [1.165, 1.54) is 11.3 Å². The van der Waals surface area contributed by atoms with Gasteiger partial charge in [0.1, 0.15) is 16.3 Å². The van der Waals surface area contributed by atoms with E-state index in [2.05, 4.69) is 15.3 Å². The molecule has 0 spiro atoms. The first-order chi connectivity index (χ1) is 11.4. The maximum Gasteiger partial charge on any atom is 0.392 e. The number of nitrogens with zero attached hydrogens (tertiary/aromatic N) is 3. The number of rotatable bonds is 4. The number of fused-ring (bicyclic) bond motifs is 1. The largest absolute Gasteiger partial charge is 0.392 e. The average Bonchev–Trinajstić information content (AvgIpc) is 3.12. The number of nitrogens with one attached hydrogen (secondary N) is 1. The molecular weight excluding hydrogens is 341 g/mol. The van der Waals surface area contributed by atoms with E-state index in [0.29, 0.717) is 16.3 Å². The molecule has 1 atom stereocenters. The second kappa shape index (κ2) is 6.23. The lowest BCUT2D eigenvalue weighted by atomic mass is 10.1. The lowest BCUT2D eigenvalue weighted by Gasteiger charge is -2.14. The quantitative estimate of drug-likeness (QED) is 0.771. The maximum atomic E-state index is 12.6. The molecule has 126 valence electrons. The topological polar surface area (TPSA) is 59.3 Å². The van der Waals surface area contributed by atoms with Gasteiger partial charge in [-0.3, -0.25) is 9.20 Å². The van der Waals surface area contributed by atoms with Crippen molar-refractivity contribution < 1.29 is 18.0 Å². The molecule has 0 aromatic carbocycles. The molecule has 3 aromatic rings. The molecular formula is C15H13F3N4OS. The highest BCUT2D eigenvalue weighted by Gasteiger charge is 2.37. The average molecular weight is 354 g/mol. The predicted molar refractivity (Wildman–Crippen MR) is 84.8 cm³/mol. The number of hydrogen-bond donors (Lipinski definition) is 1. The van der Waals surface area contributed by atoms with Crippen LogP contribution in [0.1, 0.15) is 13.3 Å². The fraction of sp³-hybridized carbons (Fsp3) is 0.267. The molecule has 3 heterocycles. The highest BCUT2D eigenvalue weighted by atomic mass is 32.1.